The highest BCUT2D eigenvalue weighted by molar-refractivity contribution is 5.92. The molecule has 0 bridgehead atoms. The topological polar surface area (TPSA) is 41.4 Å². The number of amides is 1. The molecule has 2 aliphatic rings. The number of aryl methyl sites for hydroxylation is 2. The van der Waals surface area contributed by atoms with Gasteiger partial charge in [-0.3, -0.25) is 14.4 Å². The van der Waals surface area contributed by atoms with Gasteiger partial charge in [-0.2, -0.15) is 5.10 Å². The number of aromatic nitrogens is 2. The largest absolute Gasteiger partial charge is 0.335 e. The second kappa shape index (κ2) is 7.76. The number of nitrogens with zero attached hydrogens (tertiary/aromatic N) is 4. The van der Waals surface area contributed by atoms with Gasteiger partial charge < -0.3 is 4.90 Å². The van der Waals surface area contributed by atoms with Gasteiger partial charge in [-0.05, 0) is 43.4 Å². The summed E-state index contributed by atoms with van der Waals surface area (Å²) >= 11 is 0. The van der Waals surface area contributed by atoms with E-state index in [1.165, 1.54) is 12.1 Å². The molecule has 0 atom stereocenters. The molecule has 0 unspecified atom stereocenters. The van der Waals surface area contributed by atoms with Gasteiger partial charge in [0.05, 0.1) is 0 Å². The SMILES string of the molecule is O=C(c1cc2n(n1)CCCC2)N1CCN(CCc2ccc(F)cc2F)CC1. The molecule has 0 N–H and O–H groups in total. The Balaban J connectivity index is 1.29. The van der Waals surface area contributed by atoms with Crippen molar-refractivity contribution in [3.8, 4) is 0 Å². The van der Waals surface area contributed by atoms with Gasteiger partial charge in [0.15, 0.2) is 5.69 Å². The maximum atomic E-state index is 13.7. The predicted molar refractivity (Wildman–Crippen MR) is 97.6 cm³/mol. The zero-order valence-electron chi connectivity index (χ0n) is 15.3. The highest BCUT2D eigenvalue weighted by Gasteiger charge is 2.25. The van der Waals surface area contributed by atoms with Crippen LogP contribution in [-0.4, -0.2) is 58.2 Å². The number of rotatable bonds is 4. The number of hydrogen-bond donors (Lipinski definition) is 0. The molecule has 0 radical (unpaired) electrons. The molecule has 1 aromatic heterocycles. The van der Waals surface area contributed by atoms with Gasteiger partial charge in [0.2, 0.25) is 0 Å². The van der Waals surface area contributed by atoms with Gasteiger partial charge >= 0.3 is 0 Å². The minimum absolute atomic E-state index is 0.00105. The van der Waals surface area contributed by atoms with Gasteiger partial charge in [0.1, 0.15) is 11.6 Å². The summed E-state index contributed by atoms with van der Waals surface area (Å²) < 4.78 is 28.7. The van der Waals surface area contributed by atoms with Crippen LogP contribution in [0.25, 0.3) is 0 Å². The summed E-state index contributed by atoms with van der Waals surface area (Å²) in [4.78, 5) is 16.8. The van der Waals surface area contributed by atoms with Crippen molar-refractivity contribution in [1.82, 2.24) is 19.6 Å². The molecule has 1 saturated heterocycles. The van der Waals surface area contributed by atoms with E-state index in [0.717, 1.165) is 50.7 Å². The third-order valence-electron chi connectivity index (χ3n) is 5.51. The molecular formula is C20H24F2N4O. The van der Waals surface area contributed by atoms with E-state index < -0.39 is 11.6 Å². The molecule has 0 aliphatic carbocycles. The number of halogens is 2. The fourth-order valence-corrected chi connectivity index (χ4v) is 3.86. The number of fused-ring (bicyclic) bond motifs is 1. The molecule has 1 aromatic carbocycles. The van der Waals surface area contributed by atoms with Crippen molar-refractivity contribution >= 4 is 5.91 Å². The van der Waals surface area contributed by atoms with Crippen molar-refractivity contribution in [3.63, 3.8) is 0 Å². The van der Waals surface area contributed by atoms with E-state index in [4.69, 9.17) is 0 Å². The average molecular weight is 374 g/mol. The Morgan fingerprint density at radius 1 is 1.04 bits per heavy atom. The number of benzene rings is 1. The highest BCUT2D eigenvalue weighted by atomic mass is 19.1. The lowest BCUT2D eigenvalue weighted by Crippen LogP contribution is -2.49. The smallest absolute Gasteiger partial charge is 0.274 e. The van der Waals surface area contributed by atoms with Crippen molar-refractivity contribution < 1.29 is 13.6 Å². The van der Waals surface area contributed by atoms with Gasteiger partial charge in [-0.1, -0.05) is 6.07 Å². The van der Waals surface area contributed by atoms with E-state index in [2.05, 4.69) is 10.00 Å². The summed E-state index contributed by atoms with van der Waals surface area (Å²) in [5, 5.41) is 4.48. The van der Waals surface area contributed by atoms with Crippen LogP contribution in [0.3, 0.4) is 0 Å². The third-order valence-corrected chi connectivity index (χ3v) is 5.51. The number of carbonyl (C=O) groups excluding carboxylic acids is 1. The van der Waals surface area contributed by atoms with Crippen LogP contribution in [0.5, 0.6) is 0 Å². The Bertz CT molecular complexity index is 804. The fraction of sp³-hybridized carbons (Fsp3) is 0.500. The molecule has 7 heteroatoms. The van der Waals surface area contributed by atoms with Crippen LogP contribution < -0.4 is 0 Å². The summed E-state index contributed by atoms with van der Waals surface area (Å²) in [6.07, 6.45) is 3.81. The number of hydrogen-bond acceptors (Lipinski definition) is 3. The Kier molecular flexibility index (Phi) is 5.20. The van der Waals surface area contributed by atoms with Crippen LogP contribution in [0.1, 0.15) is 34.6 Å². The van der Waals surface area contributed by atoms with Crippen LogP contribution in [0, 0.1) is 11.6 Å². The Morgan fingerprint density at radius 3 is 2.59 bits per heavy atom. The van der Waals surface area contributed by atoms with Gasteiger partial charge in [-0.15, -0.1) is 0 Å². The Labute approximate surface area is 157 Å². The first kappa shape index (κ1) is 18.1. The average Bonchev–Trinajstić information content (AvgIpc) is 3.11. The van der Waals surface area contributed by atoms with Crippen molar-refractivity contribution in [3.05, 3.63) is 52.9 Å². The first-order valence-electron chi connectivity index (χ1n) is 9.62. The maximum absolute atomic E-state index is 13.7. The lowest BCUT2D eigenvalue weighted by atomic mass is 10.1. The van der Waals surface area contributed by atoms with E-state index in [9.17, 15) is 13.6 Å². The molecule has 0 saturated carbocycles. The molecule has 4 rings (SSSR count). The van der Waals surface area contributed by atoms with Gasteiger partial charge in [0, 0.05) is 51.0 Å². The molecule has 27 heavy (non-hydrogen) atoms. The van der Waals surface area contributed by atoms with Crippen molar-refractivity contribution in [1.29, 1.82) is 0 Å². The van der Waals surface area contributed by atoms with Gasteiger partial charge in [0.25, 0.3) is 5.91 Å². The molecule has 1 fully saturated rings. The minimum atomic E-state index is -0.552. The molecule has 2 aromatic rings. The monoisotopic (exact) mass is 374 g/mol. The lowest BCUT2D eigenvalue weighted by molar-refractivity contribution is 0.0631. The first-order chi connectivity index (χ1) is 13.1. The van der Waals surface area contributed by atoms with E-state index >= 15 is 0 Å². The van der Waals surface area contributed by atoms with Crippen molar-refractivity contribution in [2.75, 3.05) is 32.7 Å². The molecule has 1 amide bonds. The van der Waals surface area contributed by atoms with Crippen LogP contribution in [0.15, 0.2) is 24.3 Å². The predicted octanol–water partition coefficient (Wildman–Crippen LogP) is 2.50. The Morgan fingerprint density at radius 2 is 1.85 bits per heavy atom. The quantitative estimate of drug-likeness (QED) is 0.826. The fourth-order valence-electron chi connectivity index (χ4n) is 3.86. The highest BCUT2D eigenvalue weighted by Crippen LogP contribution is 2.17. The molecule has 144 valence electrons. The van der Waals surface area contributed by atoms with E-state index in [-0.39, 0.29) is 5.91 Å². The number of piperazine rings is 1. The normalized spacial score (nSPS) is 17.8. The zero-order valence-corrected chi connectivity index (χ0v) is 15.3. The number of carbonyl (C=O) groups is 1. The molecule has 0 spiro atoms. The van der Waals surface area contributed by atoms with E-state index in [0.29, 0.717) is 37.3 Å². The van der Waals surface area contributed by atoms with Crippen LogP contribution in [0.4, 0.5) is 8.78 Å². The van der Waals surface area contributed by atoms with Crippen molar-refractivity contribution in [2.24, 2.45) is 0 Å². The van der Waals surface area contributed by atoms with Crippen LogP contribution in [-0.2, 0) is 19.4 Å². The van der Waals surface area contributed by atoms with Crippen LogP contribution >= 0.6 is 0 Å². The molecule has 3 heterocycles. The van der Waals surface area contributed by atoms with Crippen molar-refractivity contribution in [2.45, 2.75) is 32.2 Å². The van der Waals surface area contributed by atoms with Gasteiger partial charge in [-0.25, -0.2) is 8.78 Å². The minimum Gasteiger partial charge on any atom is -0.335 e. The molecule has 5 nitrogen and oxygen atoms in total. The molecular weight excluding hydrogens is 350 g/mol. The standard InChI is InChI=1S/C20H24F2N4O/c21-16-5-4-15(18(22)13-16)6-8-24-9-11-25(12-10-24)20(27)19-14-17-3-1-2-7-26(17)23-19/h4-5,13-14H,1-3,6-12H2. The summed E-state index contributed by atoms with van der Waals surface area (Å²) in [7, 11) is 0. The second-order valence-corrected chi connectivity index (χ2v) is 7.32. The second-order valence-electron chi connectivity index (χ2n) is 7.32. The summed E-state index contributed by atoms with van der Waals surface area (Å²) in [6, 6.07) is 5.66. The summed E-state index contributed by atoms with van der Waals surface area (Å²) in [5.41, 5.74) is 2.23. The van der Waals surface area contributed by atoms with E-state index in [1.54, 1.807) is 0 Å². The summed E-state index contributed by atoms with van der Waals surface area (Å²) in [6.45, 7) is 4.39. The maximum Gasteiger partial charge on any atom is 0.274 e. The zero-order chi connectivity index (χ0) is 18.8. The van der Waals surface area contributed by atoms with Crippen LogP contribution in [0.2, 0.25) is 0 Å². The third kappa shape index (κ3) is 4.03. The summed E-state index contributed by atoms with van der Waals surface area (Å²) in [5.74, 6) is -1.04. The lowest BCUT2D eigenvalue weighted by Gasteiger charge is -2.34. The first-order valence-corrected chi connectivity index (χ1v) is 9.62. The molecule has 2 aliphatic heterocycles. The van der Waals surface area contributed by atoms with E-state index in [1.807, 2.05) is 15.6 Å². The Hall–Kier alpha value is -2.28.